The molecule has 0 aliphatic carbocycles. The topological polar surface area (TPSA) is 24.9 Å². The fourth-order valence-electron chi connectivity index (χ4n) is 6.56. The highest BCUT2D eigenvalue weighted by atomic mass is 16.7. The minimum atomic E-state index is -0.461. The summed E-state index contributed by atoms with van der Waals surface area (Å²) in [6.45, 7) is 6.51. The molecule has 0 aliphatic rings. The van der Waals surface area contributed by atoms with E-state index in [9.17, 15) is 0 Å². The van der Waals surface area contributed by atoms with Gasteiger partial charge in [-0.3, -0.25) is 0 Å². The van der Waals surface area contributed by atoms with Crippen molar-refractivity contribution in [1.29, 1.82) is 0 Å². The van der Waals surface area contributed by atoms with Crippen LogP contribution < -0.4 is 0 Å². The SMILES string of the molecule is CCCCC/C=C\C/C=C\CCCCCCCCC(CCCCCCCC/C=C\C/C=C\CCCCC)(OC)O[C@H](CCN(C)C)CN(C)C. The zero-order chi connectivity index (χ0) is 36.8. The van der Waals surface area contributed by atoms with Crippen LogP contribution in [0.2, 0.25) is 0 Å². The van der Waals surface area contributed by atoms with Gasteiger partial charge in [-0.05, 0) is 112 Å². The maximum atomic E-state index is 6.98. The lowest BCUT2D eigenvalue weighted by Gasteiger charge is -2.37. The fraction of sp³-hybridized carbons (Fsp3) is 0.826. The van der Waals surface area contributed by atoms with Gasteiger partial charge in [0.15, 0.2) is 5.79 Å². The first-order chi connectivity index (χ1) is 24.4. The minimum absolute atomic E-state index is 0.182. The van der Waals surface area contributed by atoms with E-state index in [1.165, 1.54) is 141 Å². The monoisotopic (exact) mass is 701 g/mol. The van der Waals surface area contributed by atoms with Crippen LogP contribution in [0.4, 0.5) is 0 Å². The average Bonchev–Trinajstić information content (AvgIpc) is 3.09. The molecule has 4 nitrogen and oxygen atoms in total. The largest absolute Gasteiger partial charge is 0.353 e. The molecule has 0 aromatic rings. The van der Waals surface area contributed by atoms with Crippen LogP contribution in [0.3, 0.4) is 0 Å². The van der Waals surface area contributed by atoms with Crippen molar-refractivity contribution in [2.45, 2.75) is 199 Å². The lowest BCUT2D eigenvalue weighted by molar-refractivity contribution is -0.257. The Morgan fingerprint density at radius 2 is 0.860 bits per heavy atom. The molecule has 0 saturated heterocycles. The van der Waals surface area contributed by atoms with Gasteiger partial charge in [0.2, 0.25) is 0 Å². The third kappa shape index (κ3) is 33.9. The highest BCUT2D eigenvalue weighted by Crippen LogP contribution is 2.30. The molecule has 0 spiro atoms. The summed E-state index contributed by atoms with van der Waals surface area (Å²) in [4.78, 5) is 4.53. The Hall–Kier alpha value is -1.20. The number of unbranched alkanes of at least 4 members (excludes halogenated alkanes) is 18. The number of methoxy groups -OCH3 is 1. The van der Waals surface area contributed by atoms with Crippen molar-refractivity contribution in [3.63, 3.8) is 0 Å². The first kappa shape index (κ1) is 48.8. The Morgan fingerprint density at radius 1 is 0.480 bits per heavy atom. The van der Waals surface area contributed by atoms with Gasteiger partial charge >= 0.3 is 0 Å². The highest BCUT2D eigenvalue weighted by molar-refractivity contribution is 4.93. The van der Waals surface area contributed by atoms with Gasteiger partial charge < -0.3 is 19.3 Å². The molecule has 0 aromatic carbocycles. The van der Waals surface area contributed by atoms with Crippen LogP contribution in [0.25, 0.3) is 0 Å². The second-order valence-corrected chi connectivity index (χ2v) is 15.4. The van der Waals surface area contributed by atoms with E-state index in [0.29, 0.717) is 0 Å². The Balaban J connectivity index is 4.54. The number of ether oxygens (including phenoxy) is 2. The van der Waals surface area contributed by atoms with Gasteiger partial charge in [0.05, 0.1) is 6.10 Å². The molecule has 4 heteroatoms. The Bertz CT molecular complexity index is 752. The van der Waals surface area contributed by atoms with E-state index in [0.717, 1.165) is 45.2 Å². The summed E-state index contributed by atoms with van der Waals surface area (Å²) in [5, 5.41) is 0. The van der Waals surface area contributed by atoms with E-state index in [1.807, 2.05) is 7.11 Å². The van der Waals surface area contributed by atoms with Crippen molar-refractivity contribution in [3.8, 4) is 0 Å². The van der Waals surface area contributed by atoms with Crippen LogP contribution in [0.15, 0.2) is 48.6 Å². The van der Waals surface area contributed by atoms with Crippen LogP contribution in [0.5, 0.6) is 0 Å². The van der Waals surface area contributed by atoms with Crippen molar-refractivity contribution in [2.75, 3.05) is 48.4 Å². The maximum absolute atomic E-state index is 6.98. The molecular formula is C46H88N2O2. The van der Waals surface area contributed by atoms with Gasteiger partial charge in [0, 0.05) is 33.0 Å². The van der Waals surface area contributed by atoms with Crippen molar-refractivity contribution >= 4 is 0 Å². The van der Waals surface area contributed by atoms with Gasteiger partial charge in [-0.1, -0.05) is 140 Å². The van der Waals surface area contributed by atoms with Gasteiger partial charge in [0.1, 0.15) is 0 Å². The van der Waals surface area contributed by atoms with Crippen LogP contribution in [-0.4, -0.2) is 70.1 Å². The van der Waals surface area contributed by atoms with E-state index in [-0.39, 0.29) is 6.10 Å². The highest BCUT2D eigenvalue weighted by Gasteiger charge is 2.33. The second kappa shape index (κ2) is 37.6. The fourth-order valence-corrected chi connectivity index (χ4v) is 6.56. The maximum Gasteiger partial charge on any atom is 0.168 e. The Kier molecular flexibility index (Phi) is 36.7. The molecule has 0 unspecified atom stereocenters. The van der Waals surface area contributed by atoms with Crippen molar-refractivity contribution in [2.24, 2.45) is 0 Å². The van der Waals surface area contributed by atoms with Crippen molar-refractivity contribution in [1.82, 2.24) is 9.80 Å². The predicted octanol–water partition coefficient (Wildman–Crippen LogP) is 13.6. The second-order valence-electron chi connectivity index (χ2n) is 15.4. The number of hydrogen-bond acceptors (Lipinski definition) is 4. The van der Waals surface area contributed by atoms with Crippen LogP contribution in [0, 0.1) is 0 Å². The summed E-state index contributed by atoms with van der Waals surface area (Å²) in [6, 6.07) is 0. The van der Waals surface area contributed by atoms with Gasteiger partial charge in [-0.2, -0.15) is 0 Å². The van der Waals surface area contributed by atoms with Crippen molar-refractivity contribution < 1.29 is 9.47 Å². The average molecular weight is 701 g/mol. The summed E-state index contributed by atoms with van der Waals surface area (Å²) < 4.78 is 13.3. The molecular weight excluding hydrogens is 613 g/mol. The number of hydrogen-bond donors (Lipinski definition) is 0. The summed E-state index contributed by atoms with van der Waals surface area (Å²) in [5.41, 5.74) is 0. The molecule has 50 heavy (non-hydrogen) atoms. The summed E-state index contributed by atoms with van der Waals surface area (Å²) in [7, 11) is 10.5. The number of nitrogens with zero attached hydrogens (tertiary/aromatic N) is 2. The molecule has 1 atom stereocenters. The van der Waals surface area contributed by atoms with Crippen LogP contribution in [-0.2, 0) is 9.47 Å². The predicted molar refractivity (Wildman–Crippen MR) is 224 cm³/mol. The third-order valence-corrected chi connectivity index (χ3v) is 9.74. The van der Waals surface area contributed by atoms with E-state index in [4.69, 9.17) is 9.47 Å². The smallest absolute Gasteiger partial charge is 0.168 e. The van der Waals surface area contributed by atoms with Crippen molar-refractivity contribution in [3.05, 3.63) is 48.6 Å². The summed E-state index contributed by atoms with van der Waals surface area (Å²) in [6.07, 6.45) is 52.7. The molecule has 0 amide bonds. The molecule has 0 N–H and O–H groups in total. The number of likely N-dealkylation sites (N-methyl/N-ethyl adjacent to an activating group) is 1. The van der Waals surface area contributed by atoms with Crippen LogP contribution in [0.1, 0.15) is 187 Å². The molecule has 0 rings (SSSR count). The number of rotatable bonds is 38. The summed E-state index contributed by atoms with van der Waals surface area (Å²) in [5.74, 6) is -0.461. The Labute approximate surface area is 314 Å². The minimum Gasteiger partial charge on any atom is -0.353 e. The van der Waals surface area contributed by atoms with Gasteiger partial charge in [-0.15, -0.1) is 0 Å². The normalized spacial score (nSPS) is 13.5. The lowest BCUT2D eigenvalue weighted by Crippen LogP contribution is -2.43. The van der Waals surface area contributed by atoms with E-state index < -0.39 is 5.79 Å². The summed E-state index contributed by atoms with van der Waals surface area (Å²) >= 11 is 0. The van der Waals surface area contributed by atoms with E-state index >= 15 is 0 Å². The molecule has 0 aliphatic heterocycles. The standard InChI is InChI=1S/C46H88N2O2/c1-8-10-12-14-16-18-20-22-24-26-28-30-32-34-36-38-41-46(49-7,50-45(44-48(5)6)40-43-47(3)4)42-39-37-35-33-31-29-27-25-23-21-19-17-15-13-11-9-2/h16-19,22-25,45H,8-15,20-21,26-44H2,1-7H3/b18-16-,19-17-,24-22-,25-23-/t45-/m1/s1. The van der Waals surface area contributed by atoms with E-state index in [2.05, 4.69) is 100 Å². The van der Waals surface area contributed by atoms with E-state index in [1.54, 1.807) is 0 Å². The Morgan fingerprint density at radius 3 is 1.22 bits per heavy atom. The third-order valence-electron chi connectivity index (χ3n) is 9.74. The quantitative estimate of drug-likeness (QED) is 0.0364. The molecule has 0 saturated carbocycles. The molecule has 0 radical (unpaired) electrons. The van der Waals surface area contributed by atoms with Gasteiger partial charge in [-0.25, -0.2) is 0 Å². The molecule has 0 aromatic heterocycles. The zero-order valence-corrected chi connectivity index (χ0v) is 34.9. The molecule has 0 fully saturated rings. The van der Waals surface area contributed by atoms with Gasteiger partial charge in [0.25, 0.3) is 0 Å². The lowest BCUT2D eigenvalue weighted by atomic mass is 9.98. The molecule has 0 heterocycles. The number of allylic oxidation sites excluding steroid dienone is 8. The first-order valence-electron chi connectivity index (χ1n) is 21.5. The first-order valence-corrected chi connectivity index (χ1v) is 21.5. The zero-order valence-electron chi connectivity index (χ0n) is 34.9. The van der Waals surface area contributed by atoms with Crippen LogP contribution >= 0.6 is 0 Å². The molecule has 294 valence electrons. The molecule has 0 bridgehead atoms.